The van der Waals surface area contributed by atoms with Gasteiger partial charge in [0, 0.05) is 10.6 Å². The Morgan fingerprint density at radius 2 is 1.93 bits per heavy atom. The van der Waals surface area contributed by atoms with Crippen molar-refractivity contribution in [3.05, 3.63) is 86.5 Å². The Balaban J connectivity index is 1.84. The summed E-state index contributed by atoms with van der Waals surface area (Å²) < 4.78 is 1.69. The standard InChI is InChI=1S/C22H17N3OS2/c1-14-15(2)28-20-19(14)21(26)25(18-9-4-3-5-10-18)22(24-20)27-13-17-8-6-7-16(11-17)12-23/h3-11H,13H2,1-2H3. The second kappa shape index (κ2) is 7.63. The van der Waals surface area contributed by atoms with Crippen molar-refractivity contribution in [1.29, 1.82) is 5.26 Å². The summed E-state index contributed by atoms with van der Waals surface area (Å²) in [5.74, 6) is 0.629. The third-order valence-electron chi connectivity index (χ3n) is 4.61. The molecule has 4 rings (SSSR count). The summed E-state index contributed by atoms with van der Waals surface area (Å²) in [5, 5.41) is 10.5. The highest BCUT2D eigenvalue weighted by Crippen LogP contribution is 2.30. The van der Waals surface area contributed by atoms with Gasteiger partial charge in [0.25, 0.3) is 5.56 Å². The zero-order valence-corrected chi connectivity index (χ0v) is 17.1. The molecule has 0 saturated carbocycles. The molecule has 2 aromatic heterocycles. The van der Waals surface area contributed by atoms with Crippen LogP contribution in [0.25, 0.3) is 15.9 Å². The van der Waals surface area contributed by atoms with Gasteiger partial charge in [-0.2, -0.15) is 5.26 Å². The minimum Gasteiger partial charge on any atom is -0.268 e. The zero-order chi connectivity index (χ0) is 19.7. The Labute approximate surface area is 171 Å². The molecular formula is C22H17N3OS2. The third kappa shape index (κ3) is 3.35. The second-order valence-corrected chi connectivity index (χ2v) is 8.58. The number of benzene rings is 2. The van der Waals surface area contributed by atoms with Gasteiger partial charge < -0.3 is 0 Å². The van der Waals surface area contributed by atoms with Gasteiger partial charge in [-0.1, -0.05) is 42.1 Å². The minimum atomic E-state index is -0.0358. The van der Waals surface area contributed by atoms with Crippen molar-refractivity contribution in [2.24, 2.45) is 0 Å². The third-order valence-corrected chi connectivity index (χ3v) is 6.72. The Kier molecular flexibility index (Phi) is 5.03. The van der Waals surface area contributed by atoms with Crippen LogP contribution >= 0.6 is 23.1 Å². The van der Waals surface area contributed by atoms with E-state index in [0.29, 0.717) is 21.9 Å². The molecule has 0 N–H and O–H groups in total. The number of aromatic nitrogens is 2. The highest BCUT2D eigenvalue weighted by molar-refractivity contribution is 7.98. The maximum absolute atomic E-state index is 13.4. The van der Waals surface area contributed by atoms with E-state index in [4.69, 9.17) is 10.2 Å². The van der Waals surface area contributed by atoms with Crippen LogP contribution in [0.1, 0.15) is 21.6 Å². The molecule has 0 unspecified atom stereocenters. The van der Waals surface area contributed by atoms with Gasteiger partial charge in [0.15, 0.2) is 5.16 Å². The molecule has 0 aliphatic carbocycles. The predicted octanol–water partition coefficient (Wildman–Crippen LogP) is 5.23. The largest absolute Gasteiger partial charge is 0.268 e. The lowest BCUT2D eigenvalue weighted by Gasteiger charge is -2.12. The molecule has 4 aromatic rings. The van der Waals surface area contributed by atoms with Crippen molar-refractivity contribution in [1.82, 2.24) is 9.55 Å². The molecule has 2 aromatic carbocycles. The van der Waals surface area contributed by atoms with Crippen molar-refractivity contribution in [2.75, 3.05) is 0 Å². The number of rotatable bonds is 4. The average molecular weight is 404 g/mol. The average Bonchev–Trinajstić information content (AvgIpc) is 3.01. The van der Waals surface area contributed by atoms with Crippen molar-refractivity contribution in [3.63, 3.8) is 0 Å². The molecule has 0 radical (unpaired) electrons. The highest BCUT2D eigenvalue weighted by Gasteiger charge is 2.18. The van der Waals surface area contributed by atoms with Crippen LogP contribution in [0.2, 0.25) is 0 Å². The maximum atomic E-state index is 13.4. The van der Waals surface area contributed by atoms with Gasteiger partial charge in [-0.05, 0) is 49.2 Å². The smallest absolute Gasteiger partial charge is 0.267 e. The summed E-state index contributed by atoms with van der Waals surface area (Å²) >= 11 is 3.07. The minimum absolute atomic E-state index is 0.0358. The van der Waals surface area contributed by atoms with Crippen LogP contribution in [-0.2, 0) is 5.75 Å². The van der Waals surface area contributed by atoms with E-state index in [2.05, 4.69) is 6.07 Å². The summed E-state index contributed by atoms with van der Waals surface area (Å²) in [6.07, 6.45) is 0. The number of hydrogen-bond donors (Lipinski definition) is 0. The fourth-order valence-electron chi connectivity index (χ4n) is 3.06. The Morgan fingerprint density at radius 1 is 1.14 bits per heavy atom. The van der Waals surface area contributed by atoms with E-state index in [9.17, 15) is 4.79 Å². The maximum Gasteiger partial charge on any atom is 0.267 e. The quantitative estimate of drug-likeness (QED) is 0.346. The molecular weight excluding hydrogens is 386 g/mol. The molecule has 0 aliphatic heterocycles. The van der Waals surface area contributed by atoms with Gasteiger partial charge in [0.05, 0.1) is 22.7 Å². The van der Waals surface area contributed by atoms with Gasteiger partial charge in [-0.3, -0.25) is 9.36 Å². The molecule has 0 atom stereocenters. The zero-order valence-electron chi connectivity index (χ0n) is 15.5. The number of nitrogens with zero attached hydrogens (tertiary/aromatic N) is 3. The summed E-state index contributed by atoms with van der Waals surface area (Å²) in [7, 11) is 0. The summed E-state index contributed by atoms with van der Waals surface area (Å²) in [5.41, 5.74) is 3.42. The molecule has 0 amide bonds. The van der Waals surface area contributed by atoms with Gasteiger partial charge >= 0.3 is 0 Å². The van der Waals surface area contributed by atoms with Gasteiger partial charge in [-0.25, -0.2) is 4.98 Å². The van der Waals surface area contributed by atoms with Crippen molar-refractivity contribution in [2.45, 2.75) is 24.8 Å². The van der Waals surface area contributed by atoms with Crippen LogP contribution in [0.3, 0.4) is 0 Å². The van der Waals surface area contributed by atoms with Crippen molar-refractivity contribution < 1.29 is 0 Å². The van der Waals surface area contributed by atoms with Crippen LogP contribution in [0.4, 0.5) is 0 Å². The Morgan fingerprint density at radius 3 is 2.68 bits per heavy atom. The number of para-hydroxylation sites is 1. The van der Waals surface area contributed by atoms with E-state index >= 15 is 0 Å². The van der Waals surface area contributed by atoms with E-state index in [0.717, 1.165) is 26.5 Å². The number of aryl methyl sites for hydroxylation is 2. The number of nitriles is 1. The van der Waals surface area contributed by atoms with Crippen molar-refractivity contribution in [3.8, 4) is 11.8 Å². The predicted molar refractivity (Wildman–Crippen MR) is 115 cm³/mol. The number of thiophene rings is 1. The first-order chi connectivity index (χ1) is 13.6. The van der Waals surface area contributed by atoms with E-state index in [1.54, 1.807) is 22.0 Å². The van der Waals surface area contributed by atoms with Crippen LogP contribution in [-0.4, -0.2) is 9.55 Å². The molecule has 0 bridgehead atoms. The van der Waals surface area contributed by atoms with Gasteiger partial charge in [0.2, 0.25) is 0 Å². The monoisotopic (exact) mass is 403 g/mol. The highest BCUT2D eigenvalue weighted by atomic mass is 32.2. The topological polar surface area (TPSA) is 58.7 Å². The van der Waals surface area contributed by atoms with Crippen LogP contribution < -0.4 is 5.56 Å². The molecule has 4 nitrogen and oxygen atoms in total. The fraction of sp³-hybridized carbons (Fsp3) is 0.136. The molecule has 28 heavy (non-hydrogen) atoms. The number of hydrogen-bond acceptors (Lipinski definition) is 5. The number of thioether (sulfide) groups is 1. The SMILES string of the molecule is Cc1sc2nc(SCc3cccc(C#N)c3)n(-c3ccccc3)c(=O)c2c1C. The first kappa shape index (κ1) is 18.5. The van der Waals surface area contributed by atoms with E-state index in [1.807, 2.05) is 62.4 Å². The van der Waals surface area contributed by atoms with Crippen LogP contribution in [0.5, 0.6) is 0 Å². The second-order valence-electron chi connectivity index (χ2n) is 6.43. The first-order valence-electron chi connectivity index (χ1n) is 8.78. The number of fused-ring (bicyclic) bond motifs is 1. The molecule has 0 saturated heterocycles. The molecule has 138 valence electrons. The van der Waals surface area contributed by atoms with E-state index in [-0.39, 0.29) is 5.56 Å². The molecule has 2 heterocycles. The molecule has 0 aliphatic rings. The van der Waals surface area contributed by atoms with Gasteiger partial charge in [-0.15, -0.1) is 11.3 Å². The fourth-order valence-corrected chi connectivity index (χ4v) is 5.08. The van der Waals surface area contributed by atoms with Crippen LogP contribution in [0.15, 0.2) is 64.5 Å². The lowest BCUT2D eigenvalue weighted by atomic mass is 10.2. The molecule has 0 spiro atoms. The lowest BCUT2D eigenvalue weighted by Crippen LogP contribution is -2.21. The normalized spacial score (nSPS) is 10.9. The van der Waals surface area contributed by atoms with Gasteiger partial charge in [0.1, 0.15) is 4.83 Å². The Bertz CT molecular complexity index is 1270. The van der Waals surface area contributed by atoms with E-state index < -0.39 is 0 Å². The molecule has 6 heteroatoms. The Hall–Kier alpha value is -2.88. The van der Waals surface area contributed by atoms with Crippen molar-refractivity contribution >= 4 is 33.3 Å². The van der Waals surface area contributed by atoms with E-state index in [1.165, 1.54) is 11.8 Å². The summed E-state index contributed by atoms with van der Waals surface area (Å²) in [6.45, 7) is 4.00. The van der Waals surface area contributed by atoms with Crippen LogP contribution in [0, 0.1) is 25.2 Å². The summed E-state index contributed by atoms with van der Waals surface area (Å²) in [4.78, 5) is 20.1. The lowest BCUT2D eigenvalue weighted by molar-refractivity contribution is 0.822. The molecule has 0 fully saturated rings. The first-order valence-corrected chi connectivity index (χ1v) is 10.6. The summed E-state index contributed by atoms with van der Waals surface area (Å²) in [6, 6.07) is 19.3.